The van der Waals surface area contributed by atoms with E-state index in [9.17, 15) is 0 Å². The molecule has 0 unspecified atom stereocenters. The number of hydrogen-bond donors (Lipinski definition) is 0. The maximum absolute atomic E-state index is 3.95. The minimum atomic E-state index is 0.127. The molecule has 0 aliphatic rings. The van der Waals surface area contributed by atoms with E-state index in [0.29, 0.717) is 5.92 Å². The Morgan fingerprint density at radius 1 is 0.905 bits per heavy atom. The van der Waals surface area contributed by atoms with Gasteiger partial charge < -0.3 is 0 Å². The van der Waals surface area contributed by atoms with Crippen LogP contribution in [-0.2, 0) is 5.41 Å². The van der Waals surface area contributed by atoms with Gasteiger partial charge in [0.1, 0.15) is 0 Å². The Bertz CT molecular complexity index is 694. The van der Waals surface area contributed by atoms with Crippen molar-refractivity contribution in [1.29, 1.82) is 0 Å². The fraction of sp³-hybridized carbons (Fsp3) is 0.333. The smallest absolute Gasteiger partial charge is 0.0126 e. The minimum Gasteiger partial charge on any atom is -0.0984 e. The van der Waals surface area contributed by atoms with Gasteiger partial charge in [-0.25, -0.2) is 0 Å². The van der Waals surface area contributed by atoms with Gasteiger partial charge in [-0.2, -0.15) is 0 Å². The molecule has 0 aromatic heterocycles. The van der Waals surface area contributed by atoms with Crippen molar-refractivity contribution >= 4 is 22.9 Å². The minimum absolute atomic E-state index is 0.127. The van der Waals surface area contributed by atoms with E-state index in [4.69, 9.17) is 0 Å². The Morgan fingerprint density at radius 3 is 1.86 bits per heavy atom. The summed E-state index contributed by atoms with van der Waals surface area (Å²) in [5.41, 5.74) is 5.23. The third-order valence-electron chi connectivity index (χ3n) is 4.12. The van der Waals surface area contributed by atoms with Gasteiger partial charge in [-0.3, -0.25) is 0 Å². The van der Waals surface area contributed by atoms with E-state index in [0.717, 1.165) is 11.1 Å². The van der Waals surface area contributed by atoms with Crippen LogP contribution < -0.4 is 0 Å². The highest BCUT2D eigenvalue weighted by Gasteiger charge is 2.19. The van der Waals surface area contributed by atoms with Crippen molar-refractivity contribution in [3.8, 4) is 0 Å². The van der Waals surface area contributed by atoms with Gasteiger partial charge in [0.05, 0.1) is 0 Å². The van der Waals surface area contributed by atoms with Crippen molar-refractivity contribution in [2.24, 2.45) is 0 Å². The summed E-state index contributed by atoms with van der Waals surface area (Å²) in [5, 5.41) is 2.69. The summed E-state index contributed by atoms with van der Waals surface area (Å²) in [6.45, 7) is 19.2. The van der Waals surface area contributed by atoms with Gasteiger partial charge in [0.15, 0.2) is 0 Å². The van der Waals surface area contributed by atoms with Crippen molar-refractivity contribution in [2.45, 2.75) is 46.0 Å². The standard InChI is InChI=1S/C21H26/c1-8-15-12-18-17(14(3)4)10-11-20(21(5,6)7)19(18)13-16(15)9-2/h8-14H,1-2H2,3-7H3. The molecule has 2 aromatic rings. The monoisotopic (exact) mass is 278 g/mol. The van der Waals surface area contributed by atoms with Gasteiger partial charge in [-0.05, 0) is 56.5 Å². The molecule has 0 radical (unpaired) electrons. The molecular formula is C21H26. The molecule has 0 nitrogen and oxygen atoms in total. The molecule has 0 saturated carbocycles. The lowest BCUT2D eigenvalue weighted by Gasteiger charge is -2.24. The van der Waals surface area contributed by atoms with Crippen LogP contribution in [-0.4, -0.2) is 0 Å². The van der Waals surface area contributed by atoms with Gasteiger partial charge in [0.2, 0.25) is 0 Å². The summed E-state index contributed by atoms with van der Waals surface area (Å²) in [6, 6.07) is 9.11. The molecule has 2 rings (SSSR count). The summed E-state index contributed by atoms with van der Waals surface area (Å²) >= 11 is 0. The van der Waals surface area contributed by atoms with Crippen molar-refractivity contribution in [2.75, 3.05) is 0 Å². The quantitative estimate of drug-likeness (QED) is 0.597. The largest absolute Gasteiger partial charge is 0.0984 e. The second kappa shape index (κ2) is 5.52. The van der Waals surface area contributed by atoms with Crippen molar-refractivity contribution in [3.05, 3.63) is 59.7 Å². The summed E-state index contributed by atoms with van der Waals surface area (Å²) in [5.74, 6) is 0.508. The first-order chi connectivity index (χ1) is 9.79. The van der Waals surface area contributed by atoms with Gasteiger partial charge in [-0.15, -0.1) is 0 Å². The summed E-state index contributed by atoms with van der Waals surface area (Å²) in [6.07, 6.45) is 3.84. The zero-order chi connectivity index (χ0) is 15.8. The SMILES string of the molecule is C=Cc1cc2c(C(C)C)ccc(C(C)(C)C)c2cc1C=C. The molecular weight excluding hydrogens is 252 g/mol. The van der Waals surface area contributed by atoms with Crippen molar-refractivity contribution < 1.29 is 0 Å². The molecule has 0 heterocycles. The molecule has 0 aliphatic carbocycles. The molecule has 0 bridgehead atoms. The average molecular weight is 278 g/mol. The first kappa shape index (κ1) is 15.6. The van der Waals surface area contributed by atoms with Gasteiger partial charge >= 0.3 is 0 Å². The number of fused-ring (bicyclic) bond motifs is 1. The van der Waals surface area contributed by atoms with Crippen molar-refractivity contribution in [3.63, 3.8) is 0 Å². The van der Waals surface area contributed by atoms with E-state index in [1.54, 1.807) is 0 Å². The zero-order valence-electron chi connectivity index (χ0n) is 14.0. The van der Waals surface area contributed by atoms with Gasteiger partial charge in [-0.1, -0.05) is 72.1 Å². The molecule has 110 valence electrons. The van der Waals surface area contributed by atoms with E-state index < -0.39 is 0 Å². The molecule has 0 amide bonds. The summed E-state index contributed by atoms with van der Waals surface area (Å²) < 4.78 is 0. The second-order valence-electron chi connectivity index (χ2n) is 7.04. The molecule has 21 heavy (non-hydrogen) atoms. The Balaban J connectivity index is 2.96. The van der Waals surface area contributed by atoms with Crippen LogP contribution in [0.25, 0.3) is 22.9 Å². The molecule has 0 fully saturated rings. The maximum Gasteiger partial charge on any atom is -0.0126 e. The number of benzene rings is 2. The van der Waals surface area contributed by atoms with E-state index in [-0.39, 0.29) is 5.41 Å². The predicted molar refractivity (Wildman–Crippen MR) is 96.9 cm³/mol. The van der Waals surface area contributed by atoms with Crippen LogP contribution in [0.15, 0.2) is 37.4 Å². The molecule has 0 atom stereocenters. The molecule has 0 saturated heterocycles. The Hall–Kier alpha value is -1.82. The molecule has 0 aliphatic heterocycles. The lowest BCUT2D eigenvalue weighted by molar-refractivity contribution is 0.595. The fourth-order valence-electron chi connectivity index (χ4n) is 2.96. The topological polar surface area (TPSA) is 0 Å². The first-order valence-corrected chi connectivity index (χ1v) is 7.65. The Morgan fingerprint density at radius 2 is 1.43 bits per heavy atom. The van der Waals surface area contributed by atoms with E-state index >= 15 is 0 Å². The zero-order valence-corrected chi connectivity index (χ0v) is 14.0. The Labute approximate surface area is 129 Å². The van der Waals surface area contributed by atoms with E-state index in [1.807, 2.05) is 12.2 Å². The van der Waals surface area contributed by atoms with Crippen LogP contribution in [0.5, 0.6) is 0 Å². The third-order valence-corrected chi connectivity index (χ3v) is 4.12. The van der Waals surface area contributed by atoms with Gasteiger partial charge in [0, 0.05) is 0 Å². The average Bonchev–Trinajstić information content (AvgIpc) is 2.42. The van der Waals surface area contributed by atoms with Crippen LogP contribution in [0.3, 0.4) is 0 Å². The lowest BCUT2D eigenvalue weighted by atomic mass is 9.80. The van der Waals surface area contributed by atoms with E-state index in [1.165, 1.54) is 21.9 Å². The maximum atomic E-state index is 3.95. The van der Waals surface area contributed by atoms with Crippen LogP contribution in [0, 0.1) is 0 Å². The summed E-state index contributed by atoms with van der Waals surface area (Å²) in [4.78, 5) is 0. The lowest BCUT2D eigenvalue weighted by Crippen LogP contribution is -2.12. The van der Waals surface area contributed by atoms with Crippen LogP contribution in [0.4, 0.5) is 0 Å². The Kier molecular flexibility index (Phi) is 4.09. The third kappa shape index (κ3) is 2.81. The fourth-order valence-corrected chi connectivity index (χ4v) is 2.96. The highest BCUT2D eigenvalue weighted by Crippen LogP contribution is 2.36. The van der Waals surface area contributed by atoms with Crippen LogP contribution >= 0.6 is 0 Å². The van der Waals surface area contributed by atoms with Crippen LogP contribution in [0.2, 0.25) is 0 Å². The van der Waals surface area contributed by atoms with E-state index in [2.05, 4.69) is 72.0 Å². The molecule has 2 aromatic carbocycles. The predicted octanol–water partition coefficient (Wildman–Crippen LogP) is 6.55. The number of hydrogen-bond acceptors (Lipinski definition) is 0. The normalized spacial score (nSPS) is 11.9. The molecule has 0 N–H and O–H groups in total. The number of rotatable bonds is 3. The first-order valence-electron chi connectivity index (χ1n) is 7.65. The summed E-state index contributed by atoms with van der Waals surface area (Å²) in [7, 11) is 0. The highest BCUT2D eigenvalue weighted by atomic mass is 14.2. The molecule has 0 heteroatoms. The van der Waals surface area contributed by atoms with Gasteiger partial charge in [0.25, 0.3) is 0 Å². The highest BCUT2D eigenvalue weighted by molar-refractivity contribution is 5.94. The molecule has 0 spiro atoms. The second-order valence-corrected chi connectivity index (χ2v) is 7.04. The van der Waals surface area contributed by atoms with Crippen LogP contribution in [0.1, 0.15) is 62.8 Å². The van der Waals surface area contributed by atoms with Crippen molar-refractivity contribution in [1.82, 2.24) is 0 Å².